The first-order valence-corrected chi connectivity index (χ1v) is 11.8. The maximum absolute atomic E-state index is 12.6. The van der Waals surface area contributed by atoms with E-state index in [1.54, 1.807) is 19.2 Å². The lowest BCUT2D eigenvalue weighted by Crippen LogP contribution is -2.53. The normalized spacial score (nSPS) is 26.7. The molecule has 8 nitrogen and oxygen atoms in total. The number of rotatable bonds is 5. The molecule has 0 radical (unpaired) electrons. The SMILES string of the molecule is COc1ccc2c3c1O[C@@]1(C)C[C@@H](OC(=O)NCc4ccc(C(=O)O)cc4)C=C[C@@]31CCN(C)C2. The lowest BCUT2D eigenvalue weighted by Gasteiger charge is -2.44. The zero-order valence-corrected chi connectivity index (χ0v) is 20.2. The number of benzene rings is 2. The number of ether oxygens (including phenoxy) is 3. The third-order valence-corrected chi connectivity index (χ3v) is 7.56. The predicted octanol–water partition coefficient (Wildman–Crippen LogP) is 3.87. The Morgan fingerprint density at radius 3 is 2.71 bits per heavy atom. The number of hydrogen-bond donors (Lipinski definition) is 2. The molecular weight excluding hydrogens is 448 g/mol. The summed E-state index contributed by atoms with van der Waals surface area (Å²) >= 11 is 0. The second-order valence-corrected chi connectivity index (χ2v) is 9.79. The van der Waals surface area contributed by atoms with Gasteiger partial charge in [-0.25, -0.2) is 9.59 Å². The predicted molar refractivity (Wildman–Crippen MR) is 129 cm³/mol. The number of alkyl carbamates (subject to hydrolysis) is 1. The third kappa shape index (κ3) is 3.91. The second kappa shape index (κ2) is 8.61. The molecule has 0 aromatic heterocycles. The Bertz CT molecular complexity index is 1190. The Morgan fingerprint density at radius 1 is 1.23 bits per heavy atom. The number of carboxylic acids is 1. The highest BCUT2D eigenvalue weighted by Gasteiger charge is 2.60. The van der Waals surface area contributed by atoms with Gasteiger partial charge >= 0.3 is 12.1 Å². The first-order chi connectivity index (χ1) is 16.7. The van der Waals surface area contributed by atoms with Gasteiger partial charge in [-0.2, -0.15) is 0 Å². The van der Waals surface area contributed by atoms with Crippen LogP contribution in [0.4, 0.5) is 4.79 Å². The lowest BCUT2D eigenvalue weighted by atomic mass is 9.62. The number of methoxy groups -OCH3 is 1. The average Bonchev–Trinajstić information content (AvgIpc) is 3.00. The van der Waals surface area contributed by atoms with Crippen molar-refractivity contribution >= 4 is 12.1 Å². The van der Waals surface area contributed by atoms with Gasteiger partial charge in [-0.05, 0) is 62.3 Å². The molecule has 2 N–H and O–H groups in total. The van der Waals surface area contributed by atoms with E-state index in [0.717, 1.165) is 36.6 Å². The van der Waals surface area contributed by atoms with Gasteiger partial charge in [0.25, 0.3) is 0 Å². The standard InChI is InChI=1S/C27H30N2O6/c1-26-14-20(34-25(32)28-15-17-4-6-18(7-5-17)24(30)31)10-11-27(26)12-13-29(2)16-19-8-9-21(33-3)23(35-26)22(19)27/h4-11,20H,12-16H2,1-3H3,(H,28,32)(H,30,31)/t20-,26-,27+/m0/s1. The summed E-state index contributed by atoms with van der Waals surface area (Å²) in [4.78, 5) is 25.9. The Morgan fingerprint density at radius 2 is 2.00 bits per heavy atom. The van der Waals surface area contributed by atoms with Crippen LogP contribution in [0.1, 0.15) is 46.8 Å². The minimum atomic E-state index is -0.986. The first-order valence-electron chi connectivity index (χ1n) is 11.8. The summed E-state index contributed by atoms with van der Waals surface area (Å²) in [7, 11) is 3.78. The van der Waals surface area contributed by atoms with Crippen LogP contribution in [0, 0.1) is 0 Å². The molecule has 2 heterocycles. The molecule has 184 valence electrons. The number of amides is 1. The van der Waals surface area contributed by atoms with Crippen LogP contribution in [0.3, 0.4) is 0 Å². The highest BCUT2D eigenvalue weighted by atomic mass is 16.6. The fourth-order valence-corrected chi connectivity index (χ4v) is 5.68. The molecule has 2 aromatic carbocycles. The molecule has 3 atom stereocenters. The van der Waals surface area contributed by atoms with E-state index in [-0.39, 0.29) is 17.5 Å². The van der Waals surface area contributed by atoms with Crippen LogP contribution in [0.2, 0.25) is 0 Å². The molecule has 0 saturated heterocycles. The highest BCUT2D eigenvalue weighted by molar-refractivity contribution is 5.87. The molecule has 0 unspecified atom stereocenters. The van der Waals surface area contributed by atoms with Crippen molar-refractivity contribution in [1.29, 1.82) is 0 Å². The fraction of sp³-hybridized carbons (Fsp3) is 0.407. The van der Waals surface area contributed by atoms with E-state index in [2.05, 4.69) is 36.3 Å². The van der Waals surface area contributed by atoms with Gasteiger partial charge in [0.1, 0.15) is 11.7 Å². The van der Waals surface area contributed by atoms with Gasteiger partial charge in [-0.3, -0.25) is 0 Å². The number of nitrogens with one attached hydrogen (secondary N) is 1. The molecule has 2 aromatic rings. The summed E-state index contributed by atoms with van der Waals surface area (Å²) in [6.45, 7) is 4.11. The molecule has 3 aliphatic rings. The summed E-state index contributed by atoms with van der Waals surface area (Å²) in [6.07, 6.45) is 4.60. The minimum absolute atomic E-state index is 0.202. The van der Waals surface area contributed by atoms with E-state index in [4.69, 9.17) is 19.3 Å². The van der Waals surface area contributed by atoms with Crippen LogP contribution in [0.25, 0.3) is 0 Å². The Hall–Kier alpha value is -3.52. The number of nitrogens with zero attached hydrogens (tertiary/aromatic N) is 1. The Kier molecular flexibility index (Phi) is 5.71. The van der Waals surface area contributed by atoms with Crippen molar-refractivity contribution in [3.8, 4) is 11.5 Å². The largest absolute Gasteiger partial charge is 0.493 e. The van der Waals surface area contributed by atoms with Gasteiger partial charge in [-0.1, -0.05) is 24.3 Å². The summed E-state index contributed by atoms with van der Waals surface area (Å²) in [5.41, 5.74) is 2.50. The number of carboxylic acid groups (broad SMARTS) is 1. The third-order valence-electron chi connectivity index (χ3n) is 7.56. The van der Waals surface area contributed by atoms with Crippen LogP contribution in [-0.4, -0.2) is 54.5 Å². The van der Waals surface area contributed by atoms with Gasteiger partial charge in [0.15, 0.2) is 11.5 Å². The van der Waals surface area contributed by atoms with Crippen LogP contribution in [-0.2, 0) is 23.2 Å². The van der Waals surface area contributed by atoms with Crippen molar-refractivity contribution in [3.63, 3.8) is 0 Å². The molecule has 35 heavy (non-hydrogen) atoms. The van der Waals surface area contributed by atoms with E-state index in [1.165, 1.54) is 23.3 Å². The lowest BCUT2D eigenvalue weighted by molar-refractivity contribution is -0.00714. The van der Waals surface area contributed by atoms with Crippen LogP contribution >= 0.6 is 0 Å². The van der Waals surface area contributed by atoms with E-state index in [1.807, 2.05) is 12.1 Å². The van der Waals surface area contributed by atoms with E-state index >= 15 is 0 Å². The highest BCUT2D eigenvalue weighted by Crippen LogP contribution is 2.60. The van der Waals surface area contributed by atoms with Crippen molar-refractivity contribution in [2.45, 2.75) is 50.0 Å². The number of aromatic carboxylic acids is 1. The summed E-state index contributed by atoms with van der Waals surface area (Å²) in [5.74, 6) is 0.531. The zero-order chi connectivity index (χ0) is 24.8. The number of hydrogen-bond acceptors (Lipinski definition) is 6. The molecule has 8 heteroatoms. The second-order valence-electron chi connectivity index (χ2n) is 9.79. The van der Waals surface area contributed by atoms with Crippen molar-refractivity contribution < 1.29 is 28.9 Å². The topological polar surface area (TPSA) is 97.3 Å². The molecule has 1 amide bonds. The molecule has 0 bridgehead atoms. The Balaban J connectivity index is 1.33. The summed E-state index contributed by atoms with van der Waals surface area (Å²) < 4.78 is 18.0. The molecule has 1 aliphatic carbocycles. The fourth-order valence-electron chi connectivity index (χ4n) is 5.68. The quantitative estimate of drug-likeness (QED) is 0.630. The maximum Gasteiger partial charge on any atom is 0.407 e. The number of carbonyl (C=O) groups excluding carboxylic acids is 1. The molecule has 0 fully saturated rings. The molecule has 1 spiro atoms. The van der Waals surface area contributed by atoms with E-state index < -0.39 is 23.8 Å². The first kappa shape index (κ1) is 23.2. The molecular formula is C27H30N2O6. The average molecular weight is 479 g/mol. The van der Waals surface area contributed by atoms with Crippen molar-refractivity contribution in [2.75, 3.05) is 20.7 Å². The van der Waals surface area contributed by atoms with Gasteiger partial charge in [0.05, 0.1) is 18.1 Å². The molecule has 0 saturated carbocycles. The molecule has 2 aliphatic heterocycles. The van der Waals surface area contributed by atoms with Crippen molar-refractivity contribution in [2.24, 2.45) is 0 Å². The van der Waals surface area contributed by atoms with E-state index in [9.17, 15) is 9.59 Å². The molecule has 5 rings (SSSR count). The zero-order valence-electron chi connectivity index (χ0n) is 20.2. The Labute approximate surface area is 204 Å². The smallest absolute Gasteiger partial charge is 0.407 e. The van der Waals surface area contributed by atoms with E-state index in [0.29, 0.717) is 6.42 Å². The summed E-state index contributed by atoms with van der Waals surface area (Å²) in [5, 5.41) is 11.8. The van der Waals surface area contributed by atoms with Crippen molar-refractivity contribution in [1.82, 2.24) is 10.2 Å². The monoisotopic (exact) mass is 478 g/mol. The van der Waals surface area contributed by atoms with Crippen LogP contribution in [0.5, 0.6) is 11.5 Å². The van der Waals surface area contributed by atoms with Gasteiger partial charge in [0, 0.05) is 25.1 Å². The van der Waals surface area contributed by atoms with Crippen LogP contribution < -0.4 is 14.8 Å². The number of carbonyl (C=O) groups is 2. The van der Waals surface area contributed by atoms with Gasteiger partial charge in [0.2, 0.25) is 0 Å². The summed E-state index contributed by atoms with van der Waals surface area (Å²) in [6, 6.07) is 10.5. The maximum atomic E-state index is 12.6. The minimum Gasteiger partial charge on any atom is -0.493 e. The van der Waals surface area contributed by atoms with Gasteiger partial charge in [-0.15, -0.1) is 0 Å². The van der Waals surface area contributed by atoms with Gasteiger partial charge < -0.3 is 29.5 Å². The van der Waals surface area contributed by atoms with Crippen LogP contribution in [0.15, 0.2) is 48.6 Å². The van der Waals surface area contributed by atoms with Crippen molar-refractivity contribution in [3.05, 3.63) is 70.8 Å².